The van der Waals surface area contributed by atoms with Crippen molar-refractivity contribution in [2.24, 2.45) is 0 Å². The standard InChI is InChI=1S/C27H28N2O4S/c1-3-4-16-29-21-8-5-6-9-22(21)34-23(29)17-20-26(32)25(27(20)33)18-11-13-19(14-12-18)28(2)15-7-10-24(30)31/h5-6,8-9,11-14,17H,3-4,7,10,15-16H2,1-2H3,(H-,30,31,32,33)/p+1. The summed E-state index contributed by atoms with van der Waals surface area (Å²) in [6.45, 7) is 3.65. The molecule has 0 amide bonds. The van der Waals surface area contributed by atoms with E-state index in [9.17, 15) is 14.7 Å². The summed E-state index contributed by atoms with van der Waals surface area (Å²) in [6.07, 6.45) is 4.62. The van der Waals surface area contributed by atoms with E-state index in [1.807, 2.05) is 54.4 Å². The number of rotatable bonds is 10. The van der Waals surface area contributed by atoms with Gasteiger partial charge in [0.1, 0.15) is 10.5 Å². The van der Waals surface area contributed by atoms with Gasteiger partial charge in [0.2, 0.25) is 11.3 Å². The van der Waals surface area contributed by atoms with Gasteiger partial charge in [0.25, 0.3) is 5.01 Å². The van der Waals surface area contributed by atoms with E-state index in [2.05, 4.69) is 23.6 Å². The molecule has 6 nitrogen and oxygen atoms in total. The molecule has 0 spiro atoms. The fourth-order valence-electron chi connectivity index (χ4n) is 4.13. The lowest BCUT2D eigenvalue weighted by atomic mass is 9.83. The molecule has 1 aliphatic carbocycles. The fourth-order valence-corrected chi connectivity index (χ4v) is 5.26. The van der Waals surface area contributed by atoms with E-state index in [-0.39, 0.29) is 18.0 Å². The summed E-state index contributed by atoms with van der Waals surface area (Å²) >= 11 is 1.62. The van der Waals surface area contributed by atoms with Crippen LogP contribution in [0, 0.1) is 0 Å². The highest BCUT2D eigenvalue weighted by atomic mass is 32.1. The molecule has 1 aliphatic rings. The number of fused-ring (bicyclic) bond motifs is 1. The molecule has 0 atom stereocenters. The zero-order valence-electron chi connectivity index (χ0n) is 19.5. The summed E-state index contributed by atoms with van der Waals surface area (Å²) in [5.74, 6) is -0.920. The number of allylic oxidation sites excluding steroid dienone is 2. The minimum atomic E-state index is -0.801. The maximum atomic E-state index is 13.0. The van der Waals surface area contributed by atoms with Crippen LogP contribution in [0.4, 0.5) is 5.69 Å². The molecule has 2 aromatic carbocycles. The number of aryl methyl sites for hydroxylation is 1. The number of aliphatic hydroxyl groups is 1. The van der Waals surface area contributed by atoms with Crippen molar-refractivity contribution < 1.29 is 24.4 Å². The Morgan fingerprint density at radius 3 is 2.53 bits per heavy atom. The minimum Gasteiger partial charge on any atom is -0.506 e. The van der Waals surface area contributed by atoms with Gasteiger partial charge >= 0.3 is 5.97 Å². The van der Waals surface area contributed by atoms with Crippen LogP contribution >= 0.6 is 11.3 Å². The third kappa shape index (κ3) is 4.75. The molecule has 0 radical (unpaired) electrons. The Bertz CT molecular complexity index is 1290. The number of carbonyl (C=O) groups is 2. The van der Waals surface area contributed by atoms with Gasteiger partial charge in [-0.2, -0.15) is 4.57 Å². The first-order chi connectivity index (χ1) is 16.4. The van der Waals surface area contributed by atoms with Crippen LogP contribution in [0.2, 0.25) is 0 Å². The SMILES string of the molecule is CCCC[n+]1c(C=C2C(=O)C(c3ccc(N(C)CCCC(=O)O)cc3)=C2O)sc2ccccc21. The number of nitrogens with zero attached hydrogens (tertiary/aromatic N) is 2. The zero-order chi connectivity index (χ0) is 24.2. The number of ketones is 1. The second-order valence-corrected chi connectivity index (χ2v) is 9.55. The van der Waals surface area contributed by atoms with Gasteiger partial charge in [-0.05, 0) is 30.2 Å². The molecule has 0 unspecified atom stereocenters. The number of para-hydroxylation sites is 1. The van der Waals surface area contributed by atoms with E-state index in [4.69, 9.17) is 5.11 Å². The highest BCUT2D eigenvalue weighted by Crippen LogP contribution is 2.38. The van der Waals surface area contributed by atoms with Crippen LogP contribution in [0.15, 0.2) is 59.9 Å². The molecule has 7 heteroatoms. The predicted molar refractivity (Wildman–Crippen MR) is 136 cm³/mol. The lowest BCUT2D eigenvalue weighted by Crippen LogP contribution is -2.35. The van der Waals surface area contributed by atoms with Crippen LogP contribution in [0.25, 0.3) is 21.9 Å². The average Bonchev–Trinajstić information content (AvgIpc) is 3.18. The summed E-state index contributed by atoms with van der Waals surface area (Å²) in [6, 6.07) is 15.6. The molecule has 34 heavy (non-hydrogen) atoms. The Morgan fingerprint density at radius 2 is 1.85 bits per heavy atom. The maximum Gasteiger partial charge on any atom is 0.303 e. The number of aromatic nitrogens is 1. The van der Waals surface area contributed by atoms with Gasteiger partial charge in [-0.15, -0.1) is 0 Å². The number of hydrogen-bond donors (Lipinski definition) is 2. The molecule has 0 aliphatic heterocycles. The third-order valence-electron chi connectivity index (χ3n) is 6.08. The van der Waals surface area contributed by atoms with Gasteiger partial charge in [0, 0.05) is 44.3 Å². The van der Waals surface area contributed by atoms with Crippen LogP contribution in [0.3, 0.4) is 0 Å². The first-order valence-corrected chi connectivity index (χ1v) is 12.4. The number of benzene rings is 2. The first kappa shape index (κ1) is 23.7. The number of carboxylic acids is 1. The Labute approximate surface area is 203 Å². The number of anilines is 1. The summed E-state index contributed by atoms with van der Waals surface area (Å²) in [7, 11) is 1.90. The monoisotopic (exact) mass is 477 g/mol. The van der Waals surface area contributed by atoms with Crippen molar-refractivity contribution in [1.29, 1.82) is 0 Å². The van der Waals surface area contributed by atoms with Gasteiger partial charge in [-0.1, -0.05) is 48.9 Å². The number of unbranched alkanes of at least 4 members (excludes halogenated alkanes) is 1. The smallest absolute Gasteiger partial charge is 0.303 e. The second kappa shape index (κ2) is 10.2. The summed E-state index contributed by atoms with van der Waals surface area (Å²) < 4.78 is 3.38. The van der Waals surface area contributed by atoms with Gasteiger partial charge in [0.15, 0.2) is 6.54 Å². The number of carboxylic acid groups (broad SMARTS) is 1. The summed E-state index contributed by atoms with van der Waals surface area (Å²) in [5.41, 5.74) is 3.44. The van der Waals surface area contributed by atoms with Gasteiger partial charge in [-0.3, -0.25) is 9.59 Å². The number of thiazole rings is 1. The Morgan fingerprint density at radius 1 is 1.12 bits per heavy atom. The Hall–Kier alpha value is -3.45. The van der Waals surface area contributed by atoms with E-state index < -0.39 is 5.97 Å². The van der Waals surface area contributed by atoms with Crippen molar-refractivity contribution >= 4 is 50.6 Å². The van der Waals surface area contributed by atoms with Crippen molar-refractivity contribution in [2.75, 3.05) is 18.5 Å². The van der Waals surface area contributed by atoms with Crippen molar-refractivity contribution in [3.8, 4) is 0 Å². The maximum absolute atomic E-state index is 13.0. The van der Waals surface area contributed by atoms with Crippen LogP contribution in [0.1, 0.15) is 43.2 Å². The molecule has 0 saturated heterocycles. The van der Waals surface area contributed by atoms with Gasteiger partial charge in [0.05, 0.1) is 11.1 Å². The molecule has 0 saturated carbocycles. The molecule has 1 aromatic heterocycles. The lowest BCUT2D eigenvalue weighted by molar-refractivity contribution is -0.669. The molecule has 3 aromatic rings. The van der Waals surface area contributed by atoms with Crippen molar-refractivity contribution in [3.63, 3.8) is 0 Å². The quantitative estimate of drug-likeness (QED) is 0.309. The fraction of sp³-hybridized carbons (Fsp3) is 0.296. The number of aliphatic hydroxyl groups excluding tert-OH is 1. The molecule has 0 fully saturated rings. The van der Waals surface area contributed by atoms with E-state index in [1.165, 1.54) is 0 Å². The van der Waals surface area contributed by atoms with Crippen LogP contribution in [0.5, 0.6) is 0 Å². The zero-order valence-corrected chi connectivity index (χ0v) is 20.3. The van der Waals surface area contributed by atoms with Crippen LogP contribution < -0.4 is 9.47 Å². The van der Waals surface area contributed by atoms with Crippen molar-refractivity contribution in [2.45, 2.75) is 39.2 Å². The number of hydrogen-bond acceptors (Lipinski definition) is 5. The molecule has 176 valence electrons. The third-order valence-corrected chi connectivity index (χ3v) is 7.20. The normalized spacial score (nSPS) is 14.6. The molecule has 2 N–H and O–H groups in total. The Kier molecular flexibility index (Phi) is 7.12. The highest BCUT2D eigenvalue weighted by Gasteiger charge is 2.36. The molecule has 0 bridgehead atoms. The van der Waals surface area contributed by atoms with Crippen molar-refractivity contribution in [1.82, 2.24) is 0 Å². The van der Waals surface area contributed by atoms with E-state index in [0.29, 0.717) is 29.7 Å². The van der Waals surface area contributed by atoms with Crippen LogP contribution in [-0.4, -0.2) is 35.6 Å². The topological polar surface area (TPSA) is 81.7 Å². The number of carbonyl (C=O) groups excluding carboxylic acids is 1. The number of Topliss-reactive ketones (excluding diaryl/α,β-unsaturated/α-hetero) is 1. The molecule has 4 rings (SSSR count). The van der Waals surface area contributed by atoms with E-state index in [0.717, 1.165) is 40.3 Å². The highest BCUT2D eigenvalue weighted by molar-refractivity contribution is 7.18. The van der Waals surface area contributed by atoms with Gasteiger partial charge in [-0.25, -0.2) is 0 Å². The average molecular weight is 478 g/mol. The molecular formula is C27H29N2O4S+. The van der Waals surface area contributed by atoms with Gasteiger partial charge < -0.3 is 15.1 Å². The lowest BCUT2D eigenvalue weighted by Gasteiger charge is -2.22. The predicted octanol–water partition coefficient (Wildman–Crippen LogP) is 5.23. The van der Waals surface area contributed by atoms with E-state index >= 15 is 0 Å². The van der Waals surface area contributed by atoms with Crippen molar-refractivity contribution in [3.05, 3.63) is 70.4 Å². The molecule has 1 heterocycles. The molecular weight excluding hydrogens is 448 g/mol. The second-order valence-electron chi connectivity index (χ2n) is 8.49. The minimum absolute atomic E-state index is 0.0343. The van der Waals surface area contributed by atoms with Crippen LogP contribution in [-0.2, 0) is 16.1 Å². The largest absolute Gasteiger partial charge is 0.506 e. The summed E-state index contributed by atoms with van der Waals surface area (Å²) in [5, 5.41) is 20.5. The number of aliphatic carboxylic acids is 1. The summed E-state index contributed by atoms with van der Waals surface area (Å²) in [4.78, 5) is 25.7. The first-order valence-electron chi connectivity index (χ1n) is 11.6. The Balaban J connectivity index is 1.56. The van der Waals surface area contributed by atoms with E-state index in [1.54, 1.807) is 11.3 Å².